The maximum atomic E-state index is 12.4. The van der Waals surface area contributed by atoms with Crippen LogP contribution in [0.4, 0.5) is 4.79 Å². The van der Waals surface area contributed by atoms with Gasteiger partial charge in [0, 0.05) is 6.54 Å². The largest absolute Gasteiger partial charge is 0.366 e. The van der Waals surface area contributed by atoms with E-state index in [0.717, 1.165) is 6.42 Å². The van der Waals surface area contributed by atoms with E-state index in [1.54, 1.807) is 4.90 Å². The topological polar surface area (TPSA) is 75.7 Å². The molecule has 2 heterocycles. The van der Waals surface area contributed by atoms with Crippen molar-refractivity contribution in [1.82, 2.24) is 10.2 Å². The molecule has 1 N–H and O–H groups in total. The Labute approximate surface area is 133 Å². The summed E-state index contributed by atoms with van der Waals surface area (Å²) in [7, 11) is -2.93. The third-order valence-electron chi connectivity index (χ3n) is 4.08. The fourth-order valence-corrected chi connectivity index (χ4v) is 5.33. The van der Waals surface area contributed by atoms with Gasteiger partial charge in [-0.3, -0.25) is 0 Å². The van der Waals surface area contributed by atoms with Crippen LogP contribution in [0.15, 0.2) is 0 Å². The number of urea groups is 1. The van der Waals surface area contributed by atoms with Crippen molar-refractivity contribution in [3.05, 3.63) is 0 Å². The maximum absolute atomic E-state index is 12.4. The standard InChI is InChI=1S/C15H28N2O4S/c1-14(2)10-17(11-15(3,4)21-14)13(18)16-8-12-6-5-7-22(19,20)9-12/h12H,5-11H2,1-4H3,(H,16,18). The van der Waals surface area contributed by atoms with Crippen molar-refractivity contribution in [2.45, 2.75) is 51.7 Å². The molecule has 22 heavy (non-hydrogen) atoms. The summed E-state index contributed by atoms with van der Waals surface area (Å²) in [5, 5.41) is 2.90. The van der Waals surface area contributed by atoms with Crippen LogP contribution in [0, 0.1) is 5.92 Å². The van der Waals surface area contributed by atoms with Crippen LogP contribution in [0.1, 0.15) is 40.5 Å². The van der Waals surface area contributed by atoms with Crippen LogP contribution < -0.4 is 5.32 Å². The highest BCUT2D eigenvalue weighted by molar-refractivity contribution is 7.91. The molecular formula is C15H28N2O4S. The molecule has 7 heteroatoms. The molecule has 2 fully saturated rings. The zero-order valence-corrected chi connectivity index (χ0v) is 14.8. The predicted molar refractivity (Wildman–Crippen MR) is 85.6 cm³/mol. The molecule has 2 rings (SSSR count). The van der Waals surface area contributed by atoms with Gasteiger partial charge < -0.3 is 15.0 Å². The minimum absolute atomic E-state index is 0.0322. The van der Waals surface area contributed by atoms with Crippen molar-refractivity contribution in [3.63, 3.8) is 0 Å². The summed E-state index contributed by atoms with van der Waals surface area (Å²) in [6.45, 7) is 9.39. The van der Waals surface area contributed by atoms with Gasteiger partial charge in [-0.25, -0.2) is 13.2 Å². The summed E-state index contributed by atoms with van der Waals surface area (Å²) < 4.78 is 29.2. The number of amides is 2. The summed E-state index contributed by atoms with van der Waals surface area (Å²) in [6.07, 6.45) is 1.56. The molecule has 0 aromatic rings. The molecule has 0 radical (unpaired) electrons. The summed E-state index contributed by atoms with van der Waals surface area (Å²) in [6, 6.07) is -0.132. The van der Waals surface area contributed by atoms with E-state index in [1.165, 1.54) is 0 Å². The predicted octanol–water partition coefficient (Wildman–Crippen LogP) is 1.41. The van der Waals surface area contributed by atoms with Crippen LogP contribution in [-0.2, 0) is 14.6 Å². The lowest BCUT2D eigenvalue weighted by Gasteiger charge is -2.47. The first kappa shape index (κ1) is 17.5. The smallest absolute Gasteiger partial charge is 0.317 e. The highest BCUT2D eigenvalue weighted by Gasteiger charge is 2.40. The molecule has 1 unspecified atom stereocenters. The van der Waals surface area contributed by atoms with Crippen LogP contribution in [-0.4, -0.2) is 61.7 Å². The van der Waals surface area contributed by atoms with Crippen LogP contribution in [0.2, 0.25) is 0 Å². The van der Waals surface area contributed by atoms with Gasteiger partial charge in [0.05, 0.1) is 35.8 Å². The monoisotopic (exact) mass is 332 g/mol. The van der Waals surface area contributed by atoms with Crippen molar-refractivity contribution >= 4 is 15.9 Å². The number of hydrogen-bond donors (Lipinski definition) is 1. The molecule has 2 aliphatic heterocycles. The number of sulfone groups is 1. The second-order valence-electron chi connectivity index (χ2n) is 7.79. The molecule has 0 aromatic heterocycles. The molecule has 2 amide bonds. The maximum Gasteiger partial charge on any atom is 0.317 e. The molecule has 0 aromatic carbocycles. The fourth-order valence-electron chi connectivity index (χ4n) is 3.55. The van der Waals surface area contributed by atoms with E-state index in [9.17, 15) is 13.2 Å². The van der Waals surface area contributed by atoms with Gasteiger partial charge in [0.1, 0.15) is 0 Å². The van der Waals surface area contributed by atoms with Crippen LogP contribution >= 0.6 is 0 Å². The van der Waals surface area contributed by atoms with Gasteiger partial charge >= 0.3 is 6.03 Å². The zero-order chi connectivity index (χ0) is 16.6. The summed E-state index contributed by atoms with van der Waals surface area (Å²) in [5.41, 5.74) is -0.763. The Balaban J connectivity index is 1.89. The Morgan fingerprint density at radius 2 is 1.82 bits per heavy atom. The van der Waals surface area contributed by atoms with Gasteiger partial charge in [-0.15, -0.1) is 0 Å². The minimum atomic E-state index is -2.93. The first-order chi connectivity index (χ1) is 9.98. The molecule has 128 valence electrons. The van der Waals surface area contributed by atoms with Crippen molar-refractivity contribution in [2.75, 3.05) is 31.1 Å². The number of nitrogens with one attached hydrogen (secondary N) is 1. The Bertz CT molecular complexity index is 512. The Morgan fingerprint density at radius 3 is 2.36 bits per heavy atom. The lowest BCUT2D eigenvalue weighted by molar-refractivity contribution is -0.170. The lowest BCUT2D eigenvalue weighted by Crippen LogP contribution is -2.60. The first-order valence-electron chi connectivity index (χ1n) is 7.91. The SMILES string of the molecule is CC1(C)CN(C(=O)NCC2CCCS(=O)(=O)C2)CC(C)(C)O1. The molecule has 0 spiro atoms. The summed E-state index contributed by atoms with van der Waals surface area (Å²) in [5.74, 6) is 0.501. The van der Waals surface area contributed by atoms with Gasteiger partial charge in [-0.05, 0) is 46.5 Å². The number of carbonyl (C=O) groups is 1. The Kier molecular flexibility index (Phi) is 4.78. The Morgan fingerprint density at radius 1 is 1.23 bits per heavy atom. The number of hydrogen-bond acceptors (Lipinski definition) is 4. The van der Waals surface area contributed by atoms with E-state index in [-0.39, 0.29) is 34.7 Å². The van der Waals surface area contributed by atoms with Crippen molar-refractivity contribution in [2.24, 2.45) is 5.92 Å². The number of rotatable bonds is 2. The van der Waals surface area contributed by atoms with E-state index >= 15 is 0 Å². The lowest BCUT2D eigenvalue weighted by atomic mass is 9.99. The molecule has 6 nitrogen and oxygen atoms in total. The van der Waals surface area contributed by atoms with Crippen molar-refractivity contribution in [1.29, 1.82) is 0 Å². The van der Waals surface area contributed by atoms with E-state index in [4.69, 9.17) is 4.74 Å². The fraction of sp³-hybridized carbons (Fsp3) is 0.933. The summed E-state index contributed by atoms with van der Waals surface area (Å²) >= 11 is 0. The average molecular weight is 332 g/mol. The van der Waals surface area contributed by atoms with Crippen LogP contribution in [0.3, 0.4) is 0 Å². The van der Waals surface area contributed by atoms with E-state index < -0.39 is 9.84 Å². The van der Waals surface area contributed by atoms with Gasteiger partial charge in [0.2, 0.25) is 0 Å². The van der Waals surface area contributed by atoms with Crippen molar-refractivity contribution < 1.29 is 17.9 Å². The molecule has 2 aliphatic rings. The normalized spacial score (nSPS) is 29.8. The molecule has 0 bridgehead atoms. The molecule has 0 saturated carbocycles. The van der Waals surface area contributed by atoms with E-state index in [0.29, 0.717) is 26.1 Å². The number of ether oxygens (including phenoxy) is 1. The minimum Gasteiger partial charge on any atom is -0.366 e. The highest BCUT2D eigenvalue weighted by Crippen LogP contribution is 2.28. The molecule has 0 aliphatic carbocycles. The zero-order valence-electron chi connectivity index (χ0n) is 14.0. The number of nitrogens with zero attached hydrogens (tertiary/aromatic N) is 1. The molecular weight excluding hydrogens is 304 g/mol. The van der Waals surface area contributed by atoms with Gasteiger partial charge in [-0.1, -0.05) is 0 Å². The molecule has 2 saturated heterocycles. The quantitative estimate of drug-likeness (QED) is 0.829. The average Bonchev–Trinajstić information content (AvgIpc) is 2.31. The van der Waals surface area contributed by atoms with Gasteiger partial charge in [0.25, 0.3) is 0 Å². The van der Waals surface area contributed by atoms with Crippen molar-refractivity contribution in [3.8, 4) is 0 Å². The number of morpholine rings is 1. The van der Waals surface area contributed by atoms with Gasteiger partial charge in [-0.2, -0.15) is 0 Å². The van der Waals surface area contributed by atoms with E-state index in [1.807, 2.05) is 27.7 Å². The van der Waals surface area contributed by atoms with Gasteiger partial charge in [0.15, 0.2) is 9.84 Å². The first-order valence-corrected chi connectivity index (χ1v) is 9.74. The highest BCUT2D eigenvalue weighted by atomic mass is 32.2. The third-order valence-corrected chi connectivity index (χ3v) is 5.97. The van der Waals surface area contributed by atoms with Crippen LogP contribution in [0.25, 0.3) is 0 Å². The second kappa shape index (κ2) is 6.00. The Hall–Kier alpha value is -0.820. The summed E-state index contributed by atoms with van der Waals surface area (Å²) in [4.78, 5) is 14.2. The third kappa shape index (κ3) is 4.84. The molecule has 1 atom stereocenters. The number of carbonyl (C=O) groups excluding carboxylic acids is 1. The van der Waals surface area contributed by atoms with Crippen LogP contribution in [0.5, 0.6) is 0 Å². The second-order valence-corrected chi connectivity index (χ2v) is 10.0. The van der Waals surface area contributed by atoms with E-state index in [2.05, 4.69) is 5.32 Å².